The number of hydrogen-bond acceptors (Lipinski definition) is 6. The second kappa shape index (κ2) is 10.1. The van der Waals surface area contributed by atoms with Gasteiger partial charge in [-0.05, 0) is 58.4 Å². The molecule has 3 amide bonds. The summed E-state index contributed by atoms with van der Waals surface area (Å²) in [6.45, 7) is 6.25. The molecule has 202 valence electrons. The predicted molar refractivity (Wildman–Crippen MR) is 138 cm³/mol. The third-order valence-corrected chi connectivity index (χ3v) is 7.01. The maximum atomic E-state index is 15.2. The molecule has 1 aliphatic heterocycles. The van der Waals surface area contributed by atoms with Crippen molar-refractivity contribution >= 4 is 28.5 Å². The maximum absolute atomic E-state index is 15.2. The maximum Gasteiger partial charge on any atom is 0.331 e. The summed E-state index contributed by atoms with van der Waals surface area (Å²) in [4.78, 5) is 57.2. The van der Waals surface area contributed by atoms with E-state index in [1.54, 1.807) is 20.8 Å². The predicted octanol–water partition coefficient (Wildman–Crippen LogP) is 3.02. The minimum atomic E-state index is -0.750. The van der Waals surface area contributed by atoms with Crippen molar-refractivity contribution in [2.75, 3.05) is 18.4 Å². The third kappa shape index (κ3) is 5.07. The fourth-order valence-electron chi connectivity index (χ4n) is 4.89. The highest BCUT2D eigenvalue weighted by Gasteiger charge is 2.28. The Morgan fingerprint density at radius 3 is 2.63 bits per heavy atom. The minimum Gasteiger partial charge on any atom is -0.438 e. The van der Waals surface area contributed by atoms with Gasteiger partial charge < -0.3 is 20.0 Å². The molecule has 1 aromatic carbocycles. The SMILES string of the molecule is Cc1cnc(C(=O)NC2CCCN(C(=O)Nc3cc4c(=O)n(CC5CC5)c(=O)n(C(C)C)c4cc3F)C2)o1. The molecular formula is C26H31FN6O5. The number of aromatic nitrogens is 3. The molecule has 11 nitrogen and oxygen atoms in total. The molecule has 3 aromatic rings. The Morgan fingerprint density at radius 1 is 1.21 bits per heavy atom. The van der Waals surface area contributed by atoms with E-state index in [2.05, 4.69) is 15.6 Å². The molecule has 0 spiro atoms. The fourth-order valence-corrected chi connectivity index (χ4v) is 4.89. The van der Waals surface area contributed by atoms with E-state index >= 15 is 4.39 Å². The number of anilines is 1. The van der Waals surface area contributed by atoms with Crippen molar-refractivity contribution in [3.8, 4) is 0 Å². The lowest BCUT2D eigenvalue weighted by atomic mass is 10.1. The fraction of sp³-hybridized carbons (Fsp3) is 0.500. The van der Waals surface area contributed by atoms with Crippen LogP contribution in [0, 0.1) is 18.7 Å². The number of carbonyl (C=O) groups excluding carboxylic acids is 2. The molecule has 1 saturated heterocycles. The number of carbonyl (C=O) groups is 2. The lowest BCUT2D eigenvalue weighted by Gasteiger charge is -2.33. The van der Waals surface area contributed by atoms with E-state index in [-0.39, 0.29) is 41.1 Å². The number of piperidine rings is 1. The highest BCUT2D eigenvalue weighted by molar-refractivity contribution is 5.93. The van der Waals surface area contributed by atoms with Crippen LogP contribution in [0.25, 0.3) is 10.9 Å². The smallest absolute Gasteiger partial charge is 0.331 e. The summed E-state index contributed by atoms with van der Waals surface area (Å²) in [5, 5.41) is 5.57. The first-order chi connectivity index (χ1) is 18.1. The van der Waals surface area contributed by atoms with Gasteiger partial charge in [0.25, 0.3) is 11.4 Å². The summed E-state index contributed by atoms with van der Waals surface area (Å²) >= 11 is 0. The zero-order chi connectivity index (χ0) is 27.1. The van der Waals surface area contributed by atoms with E-state index in [0.29, 0.717) is 37.6 Å². The molecule has 1 aliphatic carbocycles. The lowest BCUT2D eigenvalue weighted by Crippen LogP contribution is -2.50. The molecule has 2 fully saturated rings. The van der Waals surface area contributed by atoms with Gasteiger partial charge in [-0.2, -0.15) is 0 Å². The standard InChI is InChI=1S/C26H31FN6O5/c1-14(2)33-21-10-19(27)20(9-18(21)24(35)32(26(33)37)12-16-6-7-16)30-25(36)31-8-4-5-17(13-31)29-22(34)23-28-11-15(3)38-23/h9-11,14,16-17H,4-8,12-13H2,1-3H3,(H,29,34)(H,30,36). The summed E-state index contributed by atoms with van der Waals surface area (Å²) in [5.74, 6) is -0.459. The normalized spacial score (nSPS) is 17.7. The van der Waals surface area contributed by atoms with E-state index in [1.165, 1.54) is 26.3 Å². The number of nitrogens with zero attached hydrogens (tertiary/aromatic N) is 4. The molecule has 2 aliphatic rings. The number of fused-ring (bicyclic) bond motifs is 1. The number of likely N-dealkylation sites (tertiary alicyclic amines) is 1. The van der Waals surface area contributed by atoms with Gasteiger partial charge in [-0.1, -0.05) is 0 Å². The Morgan fingerprint density at radius 2 is 1.97 bits per heavy atom. The average molecular weight is 527 g/mol. The molecule has 12 heteroatoms. The Hall–Kier alpha value is -3.96. The largest absolute Gasteiger partial charge is 0.438 e. The minimum absolute atomic E-state index is 0.0467. The van der Waals surface area contributed by atoms with Crippen LogP contribution in [0.2, 0.25) is 0 Å². The molecular weight excluding hydrogens is 495 g/mol. The molecule has 1 atom stereocenters. The van der Waals surface area contributed by atoms with Crippen LogP contribution in [0.4, 0.5) is 14.9 Å². The first-order valence-corrected chi connectivity index (χ1v) is 12.9. The molecule has 2 N–H and O–H groups in total. The Kier molecular flexibility index (Phi) is 6.80. The number of amides is 3. The zero-order valence-electron chi connectivity index (χ0n) is 21.6. The first-order valence-electron chi connectivity index (χ1n) is 12.9. The zero-order valence-corrected chi connectivity index (χ0v) is 21.6. The van der Waals surface area contributed by atoms with Gasteiger partial charge >= 0.3 is 17.6 Å². The summed E-state index contributed by atoms with van der Waals surface area (Å²) in [5.41, 5.74) is -0.901. The van der Waals surface area contributed by atoms with Crippen LogP contribution in [0.15, 0.2) is 32.3 Å². The van der Waals surface area contributed by atoms with Gasteiger partial charge in [0, 0.05) is 37.8 Å². The van der Waals surface area contributed by atoms with Crippen LogP contribution < -0.4 is 21.9 Å². The topological polar surface area (TPSA) is 131 Å². The van der Waals surface area contributed by atoms with Crippen LogP contribution in [-0.2, 0) is 6.54 Å². The molecule has 1 unspecified atom stereocenters. The van der Waals surface area contributed by atoms with Crippen molar-refractivity contribution in [2.45, 2.75) is 65.1 Å². The molecule has 3 heterocycles. The van der Waals surface area contributed by atoms with Gasteiger partial charge in [0.05, 0.1) is 22.8 Å². The lowest BCUT2D eigenvalue weighted by molar-refractivity contribution is 0.0876. The van der Waals surface area contributed by atoms with E-state index in [0.717, 1.165) is 18.9 Å². The first kappa shape index (κ1) is 25.7. The summed E-state index contributed by atoms with van der Waals surface area (Å²) in [7, 11) is 0. The number of rotatable bonds is 6. The van der Waals surface area contributed by atoms with Gasteiger partial charge in [-0.15, -0.1) is 0 Å². The quantitative estimate of drug-likeness (QED) is 0.508. The van der Waals surface area contributed by atoms with Crippen LogP contribution in [0.5, 0.6) is 0 Å². The van der Waals surface area contributed by atoms with Crippen molar-refractivity contribution in [1.29, 1.82) is 0 Å². The number of aryl methyl sites for hydroxylation is 1. The number of hydrogen-bond donors (Lipinski definition) is 2. The number of urea groups is 1. The molecule has 1 saturated carbocycles. The van der Waals surface area contributed by atoms with E-state index in [4.69, 9.17) is 4.42 Å². The molecule has 0 bridgehead atoms. The van der Waals surface area contributed by atoms with Gasteiger partial charge in [0.1, 0.15) is 11.6 Å². The summed E-state index contributed by atoms with van der Waals surface area (Å²) in [6.07, 6.45) is 4.67. The Bertz CT molecular complexity index is 1520. The third-order valence-electron chi connectivity index (χ3n) is 7.01. The van der Waals surface area contributed by atoms with Crippen LogP contribution in [0.3, 0.4) is 0 Å². The van der Waals surface area contributed by atoms with Gasteiger partial charge in [0.2, 0.25) is 0 Å². The van der Waals surface area contributed by atoms with Crippen molar-refractivity contribution in [3.63, 3.8) is 0 Å². The number of halogens is 1. The van der Waals surface area contributed by atoms with Gasteiger partial charge in [-0.3, -0.25) is 18.7 Å². The highest BCUT2D eigenvalue weighted by atomic mass is 19.1. The highest BCUT2D eigenvalue weighted by Crippen LogP contribution is 2.30. The van der Waals surface area contributed by atoms with Crippen molar-refractivity contribution in [1.82, 2.24) is 24.3 Å². The molecule has 38 heavy (non-hydrogen) atoms. The summed E-state index contributed by atoms with van der Waals surface area (Å²) in [6, 6.07) is 1.26. The van der Waals surface area contributed by atoms with E-state index < -0.39 is 29.0 Å². The number of benzene rings is 1. The van der Waals surface area contributed by atoms with E-state index in [1.807, 2.05) is 0 Å². The Balaban J connectivity index is 1.37. The second-order valence-corrected chi connectivity index (χ2v) is 10.4. The van der Waals surface area contributed by atoms with Gasteiger partial charge in [-0.25, -0.2) is 19.0 Å². The second-order valence-electron chi connectivity index (χ2n) is 10.4. The van der Waals surface area contributed by atoms with Gasteiger partial charge in [0.15, 0.2) is 0 Å². The van der Waals surface area contributed by atoms with Crippen LogP contribution >= 0.6 is 0 Å². The van der Waals surface area contributed by atoms with E-state index in [9.17, 15) is 19.2 Å². The number of oxazole rings is 1. The molecule has 2 aromatic heterocycles. The monoisotopic (exact) mass is 526 g/mol. The molecule has 5 rings (SSSR count). The number of nitrogens with one attached hydrogen (secondary N) is 2. The van der Waals surface area contributed by atoms with Crippen molar-refractivity contribution in [2.24, 2.45) is 5.92 Å². The van der Waals surface area contributed by atoms with Crippen LogP contribution in [-0.4, -0.2) is 50.1 Å². The summed E-state index contributed by atoms with van der Waals surface area (Å²) < 4.78 is 23.1. The van der Waals surface area contributed by atoms with Crippen LogP contribution in [0.1, 0.15) is 62.0 Å². The Labute approximate surface area is 217 Å². The van der Waals surface area contributed by atoms with Crippen molar-refractivity contribution in [3.05, 3.63) is 56.6 Å². The van der Waals surface area contributed by atoms with Crippen molar-refractivity contribution < 1.29 is 18.4 Å². The average Bonchev–Trinajstić information content (AvgIpc) is 3.59. The molecule has 0 radical (unpaired) electrons.